The summed E-state index contributed by atoms with van der Waals surface area (Å²) < 4.78 is 137. The van der Waals surface area contributed by atoms with Crippen molar-refractivity contribution < 1.29 is 47.9 Å². The van der Waals surface area contributed by atoms with E-state index in [0.717, 1.165) is 36.4 Å². The number of rotatable bonds is 8. The van der Waals surface area contributed by atoms with Gasteiger partial charge in [-0.15, -0.1) is 13.2 Å². The SMILES string of the molecule is O=S(=O)(Nc1ccc(-c2ccccc2Cl)cc1NS(=O)(=O)c1cccc(C(F)(F)F)c1)c1ccc(OC(F)(F)F)cc1. The summed E-state index contributed by atoms with van der Waals surface area (Å²) in [7, 11) is -9.24. The van der Waals surface area contributed by atoms with Crippen LogP contribution in [0.5, 0.6) is 5.75 Å². The van der Waals surface area contributed by atoms with Crippen LogP contribution < -0.4 is 14.2 Å². The van der Waals surface area contributed by atoms with Gasteiger partial charge in [0, 0.05) is 10.6 Å². The number of hydrogen-bond acceptors (Lipinski definition) is 5. The Morgan fingerprint density at radius 1 is 0.643 bits per heavy atom. The summed E-state index contributed by atoms with van der Waals surface area (Å²) in [4.78, 5) is -1.26. The number of sulfonamides is 2. The van der Waals surface area contributed by atoms with Crippen LogP contribution in [0, 0.1) is 0 Å². The monoisotopic (exact) mass is 650 g/mol. The van der Waals surface area contributed by atoms with Crippen molar-refractivity contribution in [2.45, 2.75) is 22.3 Å². The second kappa shape index (κ2) is 11.4. The molecule has 4 rings (SSSR count). The summed E-state index contributed by atoms with van der Waals surface area (Å²) in [6, 6.07) is 16.3. The van der Waals surface area contributed by atoms with Crippen molar-refractivity contribution in [2.24, 2.45) is 0 Å². The number of benzene rings is 4. The minimum absolute atomic E-state index is 0.263. The lowest BCUT2D eigenvalue weighted by atomic mass is 10.0. The third-order valence-corrected chi connectivity index (χ3v) is 8.61. The van der Waals surface area contributed by atoms with Crippen LogP contribution in [0.15, 0.2) is 101 Å². The maximum Gasteiger partial charge on any atom is 0.573 e. The van der Waals surface area contributed by atoms with E-state index in [1.165, 1.54) is 18.2 Å². The molecule has 7 nitrogen and oxygen atoms in total. The van der Waals surface area contributed by atoms with E-state index < -0.39 is 53.7 Å². The highest BCUT2D eigenvalue weighted by Gasteiger charge is 2.32. The molecule has 0 unspecified atom stereocenters. The van der Waals surface area contributed by atoms with Gasteiger partial charge in [0.1, 0.15) is 5.75 Å². The van der Waals surface area contributed by atoms with Gasteiger partial charge in [-0.3, -0.25) is 9.44 Å². The number of alkyl halides is 6. The van der Waals surface area contributed by atoms with Crippen molar-refractivity contribution in [1.82, 2.24) is 0 Å². The second-order valence-corrected chi connectivity index (χ2v) is 12.3. The van der Waals surface area contributed by atoms with Gasteiger partial charge in [0.15, 0.2) is 0 Å². The van der Waals surface area contributed by atoms with Gasteiger partial charge in [0.2, 0.25) is 0 Å². The van der Waals surface area contributed by atoms with E-state index in [4.69, 9.17) is 11.6 Å². The fourth-order valence-electron chi connectivity index (χ4n) is 3.65. The quantitative estimate of drug-likeness (QED) is 0.192. The van der Waals surface area contributed by atoms with Gasteiger partial charge in [0.05, 0.1) is 26.7 Å². The number of hydrogen-bond donors (Lipinski definition) is 2. The molecule has 4 aromatic carbocycles. The van der Waals surface area contributed by atoms with Gasteiger partial charge in [-0.1, -0.05) is 41.9 Å². The predicted molar refractivity (Wildman–Crippen MR) is 143 cm³/mol. The Labute approximate surface area is 240 Å². The number of ether oxygens (including phenoxy) is 1. The average Bonchev–Trinajstić information content (AvgIpc) is 2.89. The molecule has 4 aromatic rings. The van der Waals surface area contributed by atoms with E-state index in [2.05, 4.69) is 14.2 Å². The van der Waals surface area contributed by atoms with Crippen LogP contribution in [0.4, 0.5) is 37.7 Å². The molecule has 0 spiro atoms. The van der Waals surface area contributed by atoms with Crippen molar-refractivity contribution >= 4 is 43.0 Å². The summed E-state index contributed by atoms with van der Waals surface area (Å²) in [5, 5.41) is 0.263. The minimum Gasteiger partial charge on any atom is -0.406 e. The lowest BCUT2D eigenvalue weighted by Gasteiger charge is -2.17. The first-order chi connectivity index (χ1) is 19.4. The smallest absolute Gasteiger partial charge is 0.406 e. The first-order valence-electron chi connectivity index (χ1n) is 11.4. The molecule has 0 aliphatic heterocycles. The van der Waals surface area contributed by atoms with Gasteiger partial charge >= 0.3 is 12.5 Å². The van der Waals surface area contributed by atoms with Crippen LogP contribution in [0.25, 0.3) is 11.1 Å². The number of anilines is 2. The fourth-order valence-corrected chi connectivity index (χ4v) is 6.09. The molecule has 0 aromatic heterocycles. The van der Waals surface area contributed by atoms with Crippen LogP contribution in [0.1, 0.15) is 5.56 Å². The Morgan fingerprint density at radius 3 is 1.88 bits per heavy atom. The summed E-state index contributed by atoms with van der Waals surface area (Å²) in [5.74, 6) is -0.680. The largest absolute Gasteiger partial charge is 0.573 e. The van der Waals surface area contributed by atoms with Gasteiger partial charge in [-0.25, -0.2) is 16.8 Å². The van der Waals surface area contributed by atoms with E-state index in [1.54, 1.807) is 24.3 Å². The molecule has 0 radical (unpaired) electrons. The van der Waals surface area contributed by atoms with E-state index in [1.807, 2.05) is 0 Å². The first-order valence-corrected chi connectivity index (χ1v) is 14.8. The molecular weight excluding hydrogens is 634 g/mol. The van der Waals surface area contributed by atoms with Crippen molar-refractivity contribution in [2.75, 3.05) is 9.44 Å². The third-order valence-electron chi connectivity index (χ3n) is 5.53. The topological polar surface area (TPSA) is 102 Å². The van der Waals surface area contributed by atoms with Gasteiger partial charge < -0.3 is 4.74 Å². The minimum atomic E-state index is -5.01. The molecule has 0 saturated heterocycles. The molecule has 0 aliphatic rings. The molecule has 2 N–H and O–H groups in total. The maximum absolute atomic E-state index is 13.2. The summed E-state index contributed by atoms with van der Waals surface area (Å²) in [6.45, 7) is 0. The standard InChI is InChI=1S/C26H17ClF6N2O5S2/c27-22-7-2-1-6-21(22)16-8-13-23(34-41(36,37)19-11-9-18(10-12-19)40-26(31,32)33)24(14-16)35-42(38,39)20-5-3-4-17(15-20)25(28,29)30/h1-15,34-35H. The summed E-state index contributed by atoms with van der Waals surface area (Å²) in [5.41, 5.74) is -1.22. The van der Waals surface area contributed by atoms with Crippen LogP contribution >= 0.6 is 11.6 Å². The molecule has 222 valence electrons. The van der Waals surface area contributed by atoms with Crippen LogP contribution in [0.3, 0.4) is 0 Å². The first kappa shape index (κ1) is 31.0. The molecule has 0 aliphatic carbocycles. The van der Waals surface area contributed by atoms with E-state index in [9.17, 15) is 43.2 Å². The Bertz CT molecular complexity index is 1830. The predicted octanol–water partition coefficient (Wildman–Crippen LogP) is 7.53. The maximum atomic E-state index is 13.2. The highest BCUT2D eigenvalue weighted by Crippen LogP contribution is 2.36. The van der Waals surface area contributed by atoms with Crippen LogP contribution in [0.2, 0.25) is 5.02 Å². The zero-order chi connectivity index (χ0) is 30.9. The highest BCUT2D eigenvalue weighted by atomic mass is 35.5. The number of nitrogens with one attached hydrogen (secondary N) is 2. The van der Waals surface area contributed by atoms with Gasteiger partial charge in [-0.2, -0.15) is 13.2 Å². The Hall–Kier alpha value is -3.95. The van der Waals surface area contributed by atoms with E-state index >= 15 is 0 Å². The van der Waals surface area contributed by atoms with E-state index in [-0.39, 0.29) is 16.4 Å². The molecular formula is C26H17ClF6N2O5S2. The van der Waals surface area contributed by atoms with Crippen LogP contribution in [-0.4, -0.2) is 23.2 Å². The fraction of sp³-hybridized carbons (Fsp3) is 0.0769. The molecule has 0 saturated carbocycles. The normalized spacial score (nSPS) is 12.5. The summed E-state index contributed by atoms with van der Waals surface area (Å²) >= 11 is 6.24. The Morgan fingerprint density at radius 2 is 1.26 bits per heavy atom. The summed E-state index contributed by atoms with van der Waals surface area (Å²) in [6.07, 6.45) is -9.84. The van der Waals surface area contributed by atoms with Crippen molar-refractivity contribution in [1.29, 1.82) is 0 Å². The lowest BCUT2D eigenvalue weighted by Crippen LogP contribution is -2.19. The van der Waals surface area contributed by atoms with Crippen LogP contribution in [-0.2, 0) is 26.2 Å². The lowest BCUT2D eigenvalue weighted by molar-refractivity contribution is -0.274. The Kier molecular flexibility index (Phi) is 8.40. The van der Waals surface area contributed by atoms with Gasteiger partial charge in [-0.05, 0) is 66.2 Å². The molecule has 0 heterocycles. The van der Waals surface area contributed by atoms with E-state index in [0.29, 0.717) is 23.3 Å². The molecule has 16 heteroatoms. The third kappa shape index (κ3) is 7.46. The Balaban J connectivity index is 1.75. The highest BCUT2D eigenvalue weighted by molar-refractivity contribution is 7.93. The molecule has 42 heavy (non-hydrogen) atoms. The zero-order valence-corrected chi connectivity index (χ0v) is 23.1. The molecule has 0 fully saturated rings. The average molecular weight is 651 g/mol. The number of halogens is 7. The molecule has 0 atom stereocenters. The molecule has 0 bridgehead atoms. The van der Waals surface area contributed by atoms with Gasteiger partial charge in [0.25, 0.3) is 20.0 Å². The van der Waals surface area contributed by atoms with Crippen molar-refractivity contribution in [3.8, 4) is 16.9 Å². The van der Waals surface area contributed by atoms with Crippen molar-refractivity contribution in [3.63, 3.8) is 0 Å². The second-order valence-electron chi connectivity index (χ2n) is 8.50. The van der Waals surface area contributed by atoms with Crippen molar-refractivity contribution in [3.05, 3.63) is 102 Å². The zero-order valence-electron chi connectivity index (χ0n) is 20.7. The molecule has 0 amide bonds.